The van der Waals surface area contributed by atoms with E-state index < -0.39 is 0 Å². The third-order valence-corrected chi connectivity index (χ3v) is 4.10. The molecule has 0 N–H and O–H groups in total. The van der Waals surface area contributed by atoms with Crippen LogP contribution in [-0.4, -0.2) is 36.1 Å². The van der Waals surface area contributed by atoms with Crippen molar-refractivity contribution in [3.63, 3.8) is 0 Å². The number of aromatic nitrogens is 1. The zero-order valence-corrected chi connectivity index (χ0v) is 12.3. The molecule has 0 atom stereocenters. The van der Waals surface area contributed by atoms with E-state index in [4.69, 9.17) is 16.3 Å². The molecular weight excluding hydrogens is 272 g/mol. The minimum atomic E-state index is 0.670. The van der Waals surface area contributed by atoms with Crippen LogP contribution in [-0.2, 0) is 0 Å². The van der Waals surface area contributed by atoms with Gasteiger partial charge < -0.3 is 4.74 Å². The molecule has 1 aliphatic heterocycles. The second-order valence-corrected chi connectivity index (χ2v) is 5.60. The van der Waals surface area contributed by atoms with Crippen molar-refractivity contribution in [2.45, 2.75) is 19.3 Å². The molecule has 0 saturated carbocycles. The predicted octanol–water partition coefficient (Wildman–Crippen LogP) is 3.75. The Morgan fingerprint density at radius 1 is 1.15 bits per heavy atom. The molecule has 0 amide bonds. The van der Waals surface area contributed by atoms with Gasteiger partial charge in [-0.25, -0.2) is 0 Å². The summed E-state index contributed by atoms with van der Waals surface area (Å²) in [4.78, 5) is 6.79. The van der Waals surface area contributed by atoms with Crippen LogP contribution in [0.25, 0.3) is 10.9 Å². The van der Waals surface area contributed by atoms with E-state index in [-0.39, 0.29) is 0 Å². The summed E-state index contributed by atoms with van der Waals surface area (Å²) in [7, 11) is 0. The largest absolute Gasteiger partial charge is 0.492 e. The lowest BCUT2D eigenvalue weighted by molar-refractivity contribution is 0.184. The first-order valence-electron chi connectivity index (χ1n) is 7.23. The highest BCUT2D eigenvalue weighted by Gasteiger charge is 2.10. The highest BCUT2D eigenvalue weighted by molar-refractivity contribution is 6.35. The normalized spacial score (nSPS) is 16.4. The topological polar surface area (TPSA) is 25.4 Å². The molecule has 2 aromatic rings. The lowest BCUT2D eigenvalue weighted by Crippen LogP contribution is -2.33. The van der Waals surface area contributed by atoms with E-state index in [9.17, 15) is 0 Å². The fraction of sp³-hybridized carbons (Fsp3) is 0.438. The summed E-state index contributed by atoms with van der Waals surface area (Å²) in [5, 5.41) is 1.66. The van der Waals surface area contributed by atoms with E-state index in [0.29, 0.717) is 11.6 Å². The maximum atomic E-state index is 6.16. The Kier molecular flexibility index (Phi) is 4.38. The monoisotopic (exact) mass is 290 g/mol. The highest BCUT2D eigenvalue weighted by atomic mass is 35.5. The van der Waals surface area contributed by atoms with Crippen molar-refractivity contribution in [2.24, 2.45) is 0 Å². The van der Waals surface area contributed by atoms with Crippen LogP contribution in [0.4, 0.5) is 0 Å². The molecule has 1 aromatic carbocycles. The van der Waals surface area contributed by atoms with Crippen LogP contribution in [0.2, 0.25) is 5.02 Å². The number of benzene rings is 1. The van der Waals surface area contributed by atoms with Gasteiger partial charge in [0.2, 0.25) is 0 Å². The number of halogens is 1. The number of likely N-dealkylation sites (tertiary alicyclic amines) is 1. The van der Waals surface area contributed by atoms with Crippen LogP contribution in [0.5, 0.6) is 5.75 Å². The minimum Gasteiger partial charge on any atom is -0.492 e. The van der Waals surface area contributed by atoms with Crippen LogP contribution in [0, 0.1) is 0 Å². The third-order valence-electron chi connectivity index (χ3n) is 3.79. The summed E-state index contributed by atoms with van der Waals surface area (Å²) < 4.78 is 5.94. The second-order valence-electron chi connectivity index (χ2n) is 5.20. The van der Waals surface area contributed by atoms with Crippen LogP contribution in [0.1, 0.15) is 19.3 Å². The summed E-state index contributed by atoms with van der Waals surface area (Å²) in [5.41, 5.74) is 0.810. The molecule has 0 bridgehead atoms. The van der Waals surface area contributed by atoms with E-state index in [0.717, 1.165) is 23.2 Å². The summed E-state index contributed by atoms with van der Waals surface area (Å²) in [6, 6.07) is 7.70. The molecule has 3 nitrogen and oxygen atoms in total. The first-order valence-corrected chi connectivity index (χ1v) is 7.61. The minimum absolute atomic E-state index is 0.670. The Morgan fingerprint density at radius 2 is 2.00 bits per heavy atom. The summed E-state index contributed by atoms with van der Waals surface area (Å²) >= 11 is 6.16. The lowest BCUT2D eigenvalue weighted by atomic mass is 10.1. The van der Waals surface area contributed by atoms with Gasteiger partial charge in [0.1, 0.15) is 12.4 Å². The van der Waals surface area contributed by atoms with Crippen molar-refractivity contribution in [3.8, 4) is 5.75 Å². The number of ether oxygens (including phenoxy) is 1. The smallest absolute Gasteiger partial charge is 0.128 e. The maximum Gasteiger partial charge on any atom is 0.128 e. The first-order chi connectivity index (χ1) is 9.84. The third kappa shape index (κ3) is 3.05. The zero-order chi connectivity index (χ0) is 13.8. The van der Waals surface area contributed by atoms with Gasteiger partial charge in [-0.2, -0.15) is 0 Å². The van der Waals surface area contributed by atoms with Gasteiger partial charge >= 0.3 is 0 Å². The van der Waals surface area contributed by atoms with Gasteiger partial charge in [0, 0.05) is 18.1 Å². The van der Waals surface area contributed by atoms with Crippen molar-refractivity contribution in [1.29, 1.82) is 0 Å². The van der Waals surface area contributed by atoms with Crippen molar-refractivity contribution in [3.05, 3.63) is 35.5 Å². The second kappa shape index (κ2) is 6.42. The van der Waals surface area contributed by atoms with Crippen LogP contribution in [0.15, 0.2) is 30.5 Å². The summed E-state index contributed by atoms with van der Waals surface area (Å²) in [5.74, 6) is 0.870. The molecule has 1 aromatic heterocycles. The van der Waals surface area contributed by atoms with Crippen molar-refractivity contribution < 1.29 is 4.74 Å². The lowest BCUT2D eigenvalue weighted by Gasteiger charge is -2.26. The Morgan fingerprint density at radius 3 is 2.85 bits per heavy atom. The van der Waals surface area contributed by atoms with Gasteiger partial charge in [0.25, 0.3) is 0 Å². The molecule has 0 spiro atoms. The molecule has 0 unspecified atom stereocenters. The zero-order valence-electron chi connectivity index (χ0n) is 11.5. The first kappa shape index (κ1) is 13.7. The van der Waals surface area contributed by atoms with Crippen LogP contribution < -0.4 is 4.74 Å². The number of piperidine rings is 1. The van der Waals surface area contributed by atoms with Gasteiger partial charge in [-0.3, -0.25) is 9.88 Å². The summed E-state index contributed by atoms with van der Waals surface area (Å²) in [6.45, 7) is 4.11. The quantitative estimate of drug-likeness (QED) is 0.857. The molecule has 3 rings (SSSR count). The van der Waals surface area contributed by atoms with E-state index in [2.05, 4.69) is 9.88 Å². The van der Waals surface area contributed by atoms with Gasteiger partial charge in [0.05, 0.1) is 10.5 Å². The molecule has 4 heteroatoms. The average Bonchev–Trinajstić information content (AvgIpc) is 2.51. The van der Waals surface area contributed by atoms with E-state index in [1.807, 2.05) is 24.3 Å². The molecule has 1 aliphatic rings. The number of hydrogen-bond acceptors (Lipinski definition) is 3. The van der Waals surface area contributed by atoms with E-state index in [1.54, 1.807) is 6.20 Å². The fourth-order valence-corrected chi connectivity index (χ4v) is 2.92. The van der Waals surface area contributed by atoms with Gasteiger partial charge in [0.15, 0.2) is 0 Å². The number of rotatable bonds is 4. The van der Waals surface area contributed by atoms with Gasteiger partial charge in [-0.05, 0) is 50.2 Å². The Hall–Kier alpha value is -1.32. The van der Waals surface area contributed by atoms with Gasteiger partial charge in [-0.15, -0.1) is 0 Å². The Balaban J connectivity index is 1.67. The van der Waals surface area contributed by atoms with Crippen molar-refractivity contribution in [1.82, 2.24) is 9.88 Å². The van der Waals surface area contributed by atoms with Crippen molar-refractivity contribution >= 4 is 22.5 Å². The number of hydrogen-bond donors (Lipinski definition) is 0. The predicted molar refractivity (Wildman–Crippen MR) is 82.5 cm³/mol. The van der Waals surface area contributed by atoms with Crippen LogP contribution in [0.3, 0.4) is 0 Å². The standard InChI is InChI=1S/C16H19ClN2O/c17-14-6-7-15(13-5-4-8-18-16(13)14)20-12-11-19-9-2-1-3-10-19/h4-8H,1-3,9-12H2. The highest BCUT2D eigenvalue weighted by Crippen LogP contribution is 2.29. The van der Waals surface area contributed by atoms with E-state index in [1.165, 1.54) is 32.4 Å². The molecule has 106 valence electrons. The number of fused-ring (bicyclic) bond motifs is 1. The molecule has 20 heavy (non-hydrogen) atoms. The fourth-order valence-electron chi connectivity index (χ4n) is 2.71. The molecule has 1 fully saturated rings. The number of nitrogens with zero attached hydrogens (tertiary/aromatic N) is 2. The van der Waals surface area contributed by atoms with Gasteiger partial charge in [-0.1, -0.05) is 18.0 Å². The molecule has 1 saturated heterocycles. The summed E-state index contributed by atoms with van der Waals surface area (Å²) in [6.07, 6.45) is 5.75. The average molecular weight is 291 g/mol. The molecular formula is C16H19ClN2O. The van der Waals surface area contributed by atoms with Crippen LogP contribution >= 0.6 is 11.6 Å². The number of pyridine rings is 1. The molecule has 0 aliphatic carbocycles. The molecule has 0 radical (unpaired) electrons. The van der Waals surface area contributed by atoms with E-state index >= 15 is 0 Å². The molecule has 2 heterocycles. The Labute approximate surface area is 124 Å². The maximum absolute atomic E-state index is 6.16. The SMILES string of the molecule is Clc1ccc(OCCN2CCCCC2)c2cccnc12. The van der Waals surface area contributed by atoms with Crippen molar-refractivity contribution in [2.75, 3.05) is 26.2 Å². The Bertz CT molecular complexity index is 582.